The van der Waals surface area contributed by atoms with E-state index in [-0.39, 0.29) is 5.91 Å². The highest BCUT2D eigenvalue weighted by Gasteiger charge is 2.73. The van der Waals surface area contributed by atoms with Gasteiger partial charge in [-0.2, -0.15) is 0 Å². The lowest BCUT2D eigenvalue weighted by Crippen LogP contribution is -2.34. The molecule has 1 aromatic carbocycles. The van der Waals surface area contributed by atoms with E-state index in [1.165, 1.54) is 6.42 Å². The van der Waals surface area contributed by atoms with Crippen molar-refractivity contribution >= 4 is 23.4 Å². The summed E-state index contributed by atoms with van der Waals surface area (Å²) in [5, 5.41) is 4.03. The first kappa shape index (κ1) is 20.9. The average Bonchev–Trinajstić information content (AvgIpc) is 3.20. The Balaban J connectivity index is 1.37. The lowest BCUT2D eigenvalue weighted by atomic mass is 9.93. The zero-order valence-corrected chi connectivity index (χ0v) is 18.9. The minimum atomic E-state index is -0.611. The van der Waals surface area contributed by atoms with Gasteiger partial charge in [0.15, 0.2) is 0 Å². The number of thioether (sulfide) groups is 1. The highest BCUT2D eigenvalue weighted by atomic mass is 32.2. The van der Waals surface area contributed by atoms with E-state index in [4.69, 9.17) is 9.72 Å². The summed E-state index contributed by atoms with van der Waals surface area (Å²) in [7, 11) is 0. The van der Waals surface area contributed by atoms with E-state index in [9.17, 15) is 4.79 Å². The average molecular weight is 448 g/mol. The number of anilines is 1. The summed E-state index contributed by atoms with van der Waals surface area (Å²) in [4.78, 5) is 31.5. The molecule has 8 heteroatoms. The summed E-state index contributed by atoms with van der Waals surface area (Å²) in [6.45, 7) is 2.45. The van der Waals surface area contributed by atoms with Crippen LogP contribution in [-0.2, 0) is 10.2 Å². The first-order valence-electron chi connectivity index (χ1n) is 10.9. The third-order valence-electron chi connectivity index (χ3n) is 6.50. The monoisotopic (exact) mass is 447 g/mol. The molecule has 7 nitrogen and oxygen atoms in total. The number of rotatable bonds is 7. The smallest absolute Gasteiger partial charge is 0.238 e. The van der Waals surface area contributed by atoms with Gasteiger partial charge in [-0.3, -0.25) is 9.78 Å². The predicted molar refractivity (Wildman–Crippen MR) is 124 cm³/mol. The van der Waals surface area contributed by atoms with Gasteiger partial charge in [0.2, 0.25) is 11.8 Å². The molecule has 2 aliphatic carbocycles. The number of hydrogen-bond donors (Lipinski definition) is 1. The van der Waals surface area contributed by atoms with Gasteiger partial charge in [0.05, 0.1) is 29.7 Å². The van der Waals surface area contributed by atoms with Crippen LogP contribution in [0.1, 0.15) is 32.0 Å². The van der Waals surface area contributed by atoms with Crippen molar-refractivity contribution in [1.82, 2.24) is 19.9 Å². The van der Waals surface area contributed by atoms with Crippen LogP contribution < -0.4 is 10.1 Å². The summed E-state index contributed by atoms with van der Waals surface area (Å²) in [6.07, 6.45) is 10.3. The lowest BCUT2D eigenvalue weighted by Gasteiger charge is -2.19. The molecular weight excluding hydrogens is 422 g/mol. The maximum atomic E-state index is 13.5. The van der Waals surface area contributed by atoms with Crippen LogP contribution in [-0.4, -0.2) is 38.7 Å². The second kappa shape index (κ2) is 8.50. The minimum Gasteiger partial charge on any atom is -0.477 e. The standard InChI is InChI=1S/C24H25N5O2S/c1-3-31-20-14-25-13-19(28-20)15-7-9-16(10-8-15)27-23(30)24(17-5-4-6-18(17)24)22-26-12-11-21(29-22)32-2/h7-14,17-18H,3-6H2,1-2H3,(H,27,30)/t17-,18+,24?. The zero-order chi connectivity index (χ0) is 22.1. The Hall–Kier alpha value is -3.00. The van der Waals surface area contributed by atoms with Crippen molar-refractivity contribution in [2.24, 2.45) is 11.8 Å². The Labute approximate surface area is 191 Å². The molecule has 2 saturated carbocycles. The summed E-state index contributed by atoms with van der Waals surface area (Å²) < 4.78 is 5.44. The van der Waals surface area contributed by atoms with Gasteiger partial charge < -0.3 is 10.1 Å². The summed E-state index contributed by atoms with van der Waals surface area (Å²) in [5.41, 5.74) is 1.77. The molecule has 0 spiro atoms. The van der Waals surface area contributed by atoms with Crippen molar-refractivity contribution < 1.29 is 9.53 Å². The summed E-state index contributed by atoms with van der Waals surface area (Å²) >= 11 is 1.57. The van der Waals surface area contributed by atoms with Gasteiger partial charge in [-0.15, -0.1) is 11.8 Å². The molecule has 0 saturated heterocycles. The quantitative estimate of drug-likeness (QED) is 0.425. The molecule has 1 N–H and O–H groups in total. The lowest BCUT2D eigenvalue weighted by molar-refractivity contribution is -0.119. The molecule has 0 aliphatic heterocycles. The molecule has 0 bridgehead atoms. The second-order valence-electron chi connectivity index (χ2n) is 8.14. The van der Waals surface area contributed by atoms with Gasteiger partial charge in [0, 0.05) is 17.4 Å². The van der Waals surface area contributed by atoms with Crippen LogP contribution in [0.4, 0.5) is 5.69 Å². The SMILES string of the molecule is CCOc1cncc(-c2ccc(NC(=O)C3(c4nccc(SC)n4)[C@@H]4CCC[C@@H]43)cc2)n1. The molecule has 3 atom stereocenters. The maximum absolute atomic E-state index is 13.5. The van der Waals surface area contributed by atoms with Crippen LogP contribution in [0.2, 0.25) is 0 Å². The van der Waals surface area contributed by atoms with E-state index in [1.807, 2.05) is 43.5 Å². The van der Waals surface area contributed by atoms with E-state index < -0.39 is 5.41 Å². The van der Waals surface area contributed by atoms with Crippen LogP contribution in [0.5, 0.6) is 5.88 Å². The Morgan fingerprint density at radius 3 is 2.66 bits per heavy atom. The number of carbonyl (C=O) groups is 1. The van der Waals surface area contributed by atoms with Crippen molar-refractivity contribution in [3.05, 3.63) is 54.7 Å². The van der Waals surface area contributed by atoms with Gasteiger partial charge in [-0.05, 0) is 56.1 Å². The number of carbonyl (C=O) groups excluding carboxylic acids is 1. The van der Waals surface area contributed by atoms with E-state index in [0.717, 1.165) is 34.8 Å². The third-order valence-corrected chi connectivity index (χ3v) is 7.15. The second-order valence-corrected chi connectivity index (χ2v) is 8.97. The molecule has 32 heavy (non-hydrogen) atoms. The van der Waals surface area contributed by atoms with Gasteiger partial charge >= 0.3 is 0 Å². The zero-order valence-electron chi connectivity index (χ0n) is 18.1. The number of nitrogens with one attached hydrogen (secondary N) is 1. The van der Waals surface area contributed by atoms with E-state index in [0.29, 0.717) is 30.1 Å². The van der Waals surface area contributed by atoms with Crippen molar-refractivity contribution in [3.8, 4) is 17.1 Å². The fraction of sp³-hybridized carbons (Fsp3) is 0.375. The van der Waals surface area contributed by atoms with Crippen molar-refractivity contribution in [2.45, 2.75) is 36.6 Å². The molecule has 2 fully saturated rings. The Morgan fingerprint density at radius 1 is 1.16 bits per heavy atom. The third kappa shape index (κ3) is 3.52. The number of hydrogen-bond acceptors (Lipinski definition) is 7. The highest BCUT2D eigenvalue weighted by Crippen LogP contribution is 2.67. The topological polar surface area (TPSA) is 89.9 Å². The predicted octanol–water partition coefficient (Wildman–Crippen LogP) is 4.36. The Kier molecular flexibility index (Phi) is 5.55. The number of nitrogens with zero attached hydrogens (tertiary/aromatic N) is 4. The van der Waals surface area contributed by atoms with Crippen molar-refractivity contribution in [2.75, 3.05) is 18.2 Å². The molecule has 2 aliphatic rings. The number of amides is 1. The van der Waals surface area contributed by atoms with Gasteiger partial charge in [0.25, 0.3) is 0 Å². The number of fused-ring (bicyclic) bond motifs is 1. The van der Waals surface area contributed by atoms with Crippen molar-refractivity contribution in [1.29, 1.82) is 0 Å². The fourth-order valence-electron chi connectivity index (χ4n) is 5.04. The molecule has 3 aromatic rings. The summed E-state index contributed by atoms with van der Waals surface area (Å²) in [5.74, 6) is 1.82. The van der Waals surface area contributed by atoms with Crippen LogP contribution in [0.15, 0.2) is 53.9 Å². The van der Waals surface area contributed by atoms with Gasteiger partial charge in [0.1, 0.15) is 11.2 Å². The molecule has 0 radical (unpaired) electrons. The Bertz CT molecular complexity index is 1130. The van der Waals surface area contributed by atoms with E-state index >= 15 is 0 Å². The van der Waals surface area contributed by atoms with Crippen LogP contribution in [0.3, 0.4) is 0 Å². The first-order valence-corrected chi connectivity index (χ1v) is 12.1. The van der Waals surface area contributed by atoms with Crippen LogP contribution >= 0.6 is 11.8 Å². The number of benzene rings is 1. The first-order chi connectivity index (χ1) is 15.7. The molecule has 2 heterocycles. The minimum absolute atomic E-state index is 0.00339. The van der Waals surface area contributed by atoms with Crippen molar-refractivity contribution in [3.63, 3.8) is 0 Å². The summed E-state index contributed by atoms with van der Waals surface area (Å²) in [6, 6.07) is 9.54. The van der Waals surface area contributed by atoms with Crippen LogP contribution in [0.25, 0.3) is 11.3 Å². The highest BCUT2D eigenvalue weighted by molar-refractivity contribution is 7.98. The molecule has 1 amide bonds. The largest absolute Gasteiger partial charge is 0.477 e. The molecule has 5 rings (SSSR count). The molecule has 164 valence electrons. The Morgan fingerprint density at radius 2 is 1.94 bits per heavy atom. The van der Waals surface area contributed by atoms with E-state index in [2.05, 4.69) is 20.3 Å². The van der Waals surface area contributed by atoms with Gasteiger partial charge in [-0.1, -0.05) is 18.6 Å². The maximum Gasteiger partial charge on any atom is 0.238 e. The molecular formula is C24H25N5O2S. The number of aromatic nitrogens is 4. The van der Waals surface area contributed by atoms with Crippen LogP contribution in [0, 0.1) is 11.8 Å². The van der Waals surface area contributed by atoms with E-state index in [1.54, 1.807) is 30.4 Å². The molecule has 2 aromatic heterocycles. The number of ether oxygens (including phenoxy) is 1. The van der Waals surface area contributed by atoms with Gasteiger partial charge in [-0.25, -0.2) is 15.0 Å². The molecule has 1 unspecified atom stereocenters. The fourth-order valence-corrected chi connectivity index (χ4v) is 5.42. The normalized spacial score (nSPS) is 23.4.